The van der Waals surface area contributed by atoms with Gasteiger partial charge >= 0.3 is 0 Å². The average molecular weight is 368 g/mol. The highest BCUT2D eigenvalue weighted by Gasteiger charge is 2.11. The third-order valence-electron chi connectivity index (χ3n) is 3.59. The molecular formula is C19H16N2O4S. The molecule has 0 saturated carbocycles. The molecule has 26 heavy (non-hydrogen) atoms. The van der Waals surface area contributed by atoms with E-state index in [9.17, 15) is 14.4 Å². The SMILES string of the molecule is CC(=O)c1ccc(C(=O)NCc2ccc(NC(=O)c3ccco3)cc2)s1. The van der Waals surface area contributed by atoms with Crippen LogP contribution >= 0.6 is 11.3 Å². The fraction of sp³-hybridized carbons (Fsp3) is 0.105. The molecule has 0 aliphatic heterocycles. The summed E-state index contributed by atoms with van der Waals surface area (Å²) >= 11 is 1.17. The molecule has 0 bridgehead atoms. The highest BCUT2D eigenvalue weighted by atomic mass is 32.1. The van der Waals surface area contributed by atoms with Gasteiger partial charge in [0.15, 0.2) is 11.5 Å². The lowest BCUT2D eigenvalue weighted by Crippen LogP contribution is -2.21. The van der Waals surface area contributed by atoms with Crippen molar-refractivity contribution in [1.29, 1.82) is 0 Å². The van der Waals surface area contributed by atoms with Crippen molar-refractivity contribution in [2.24, 2.45) is 0 Å². The first-order valence-corrected chi connectivity index (χ1v) is 8.67. The molecule has 132 valence electrons. The van der Waals surface area contributed by atoms with Crippen LogP contribution in [0, 0.1) is 0 Å². The Bertz CT molecular complexity index is 927. The van der Waals surface area contributed by atoms with Crippen LogP contribution in [0.3, 0.4) is 0 Å². The molecule has 0 saturated heterocycles. The van der Waals surface area contributed by atoms with E-state index in [2.05, 4.69) is 10.6 Å². The number of Topliss-reactive ketones (excluding diaryl/α,β-unsaturated/α-hetero) is 1. The molecule has 7 heteroatoms. The van der Waals surface area contributed by atoms with Gasteiger partial charge in [-0.15, -0.1) is 11.3 Å². The summed E-state index contributed by atoms with van der Waals surface area (Å²) in [5.74, 6) is -0.365. The number of furan rings is 1. The van der Waals surface area contributed by atoms with Crippen LogP contribution in [0.15, 0.2) is 59.2 Å². The van der Waals surface area contributed by atoms with E-state index in [-0.39, 0.29) is 23.4 Å². The summed E-state index contributed by atoms with van der Waals surface area (Å²) in [7, 11) is 0. The van der Waals surface area contributed by atoms with Gasteiger partial charge in [-0.3, -0.25) is 14.4 Å². The third-order valence-corrected chi connectivity index (χ3v) is 4.77. The molecule has 2 aromatic heterocycles. The molecule has 3 rings (SSSR count). The van der Waals surface area contributed by atoms with Crippen LogP contribution in [0.5, 0.6) is 0 Å². The fourth-order valence-electron chi connectivity index (χ4n) is 2.22. The smallest absolute Gasteiger partial charge is 0.291 e. The van der Waals surface area contributed by atoms with Gasteiger partial charge < -0.3 is 15.1 Å². The van der Waals surface area contributed by atoms with Gasteiger partial charge in [0.2, 0.25) is 0 Å². The largest absolute Gasteiger partial charge is 0.459 e. The molecule has 0 aliphatic rings. The number of ketones is 1. The minimum Gasteiger partial charge on any atom is -0.459 e. The summed E-state index contributed by atoms with van der Waals surface area (Å²) in [4.78, 5) is 36.4. The van der Waals surface area contributed by atoms with Crippen LogP contribution in [0.4, 0.5) is 5.69 Å². The van der Waals surface area contributed by atoms with E-state index in [1.54, 1.807) is 36.4 Å². The minimum atomic E-state index is -0.324. The van der Waals surface area contributed by atoms with E-state index in [1.165, 1.54) is 24.5 Å². The van der Waals surface area contributed by atoms with Gasteiger partial charge in [-0.05, 0) is 48.9 Å². The Morgan fingerprint density at radius 2 is 1.69 bits per heavy atom. The Balaban J connectivity index is 1.54. The monoisotopic (exact) mass is 368 g/mol. The Hall–Kier alpha value is -3.19. The molecule has 2 amide bonds. The number of thiophene rings is 1. The van der Waals surface area contributed by atoms with E-state index in [1.807, 2.05) is 12.1 Å². The zero-order valence-electron chi connectivity index (χ0n) is 13.9. The zero-order valence-corrected chi connectivity index (χ0v) is 14.8. The van der Waals surface area contributed by atoms with Gasteiger partial charge in [-0.1, -0.05) is 12.1 Å². The number of rotatable bonds is 6. The molecule has 0 atom stereocenters. The van der Waals surface area contributed by atoms with E-state index < -0.39 is 0 Å². The van der Waals surface area contributed by atoms with Crippen molar-refractivity contribution in [2.75, 3.05) is 5.32 Å². The molecule has 0 aliphatic carbocycles. The second-order valence-electron chi connectivity index (χ2n) is 5.53. The van der Waals surface area contributed by atoms with Crippen LogP contribution < -0.4 is 10.6 Å². The van der Waals surface area contributed by atoms with Crippen molar-refractivity contribution in [3.8, 4) is 0 Å². The summed E-state index contributed by atoms with van der Waals surface area (Å²) in [6.45, 7) is 1.82. The first kappa shape index (κ1) is 17.6. The molecule has 3 aromatic rings. The van der Waals surface area contributed by atoms with Crippen LogP contribution in [0.25, 0.3) is 0 Å². The minimum absolute atomic E-state index is 0.0544. The maximum absolute atomic E-state index is 12.1. The number of carbonyl (C=O) groups is 3. The Morgan fingerprint density at radius 3 is 2.31 bits per heavy atom. The highest BCUT2D eigenvalue weighted by molar-refractivity contribution is 7.15. The summed E-state index contributed by atoms with van der Waals surface area (Å²) in [6, 6.07) is 13.7. The van der Waals surface area contributed by atoms with Crippen molar-refractivity contribution in [3.63, 3.8) is 0 Å². The summed E-state index contributed by atoms with van der Waals surface area (Å²) < 4.78 is 5.04. The van der Waals surface area contributed by atoms with Crippen LogP contribution in [-0.2, 0) is 6.54 Å². The van der Waals surface area contributed by atoms with E-state index in [0.717, 1.165) is 5.56 Å². The predicted molar refractivity (Wildman–Crippen MR) is 98.6 cm³/mol. The number of anilines is 1. The second kappa shape index (κ2) is 7.79. The number of carbonyl (C=O) groups excluding carboxylic acids is 3. The molecule has 2 N–H and O–H groups in total. The van der Waals surface area contributed by atoms with Crippen molar-refractivity contribution < 1.29 is 18.8 Å². The van der Waals surface area contributed by atoms with Crippen molar-refractivity contribution in [1.82, 2.24) is 5.32 Å². The topological polar surface area (TPSA) is 88.4 Å². The maximum Gasteiger partial charge on any atom is 0.291 e. The maximum atomic E-state index is 12.1. The standard InChI is InChI=1S/C19H16N2O4S/c1-12(22)16-8-9-17(26-16)19(24)20-11-13-4-6-14(7-5-13)21-18(23)15-3-2-10-25-15/h2-10H,11H2,1H3,(H,20,24)(H,21,23). The quantitative estimate of drug-likeness (QED) is 0.649. The lowest BCUT2D eigenvalue weighted by atomic mass is 10.2. The summed E-state index contributed by atoms with van der Waals surface area (Å²) in [5, 5.41) is 5.53. The van der Waals surface area contributed by atoms with Gasteiger partial charge in [0.25, 0.3) is 11.8 Å². The average Bonchev–Trinajstić information content (AvgIpc) is 3.32. The molecular weight excluding hydrogens is 352 g/mol. The number of hydrogen-bond donors (Lipinski definition) is 2. The fourth-order valence-corrected chi connectivity index (χ4v) is 3.04. The normalized spacial score (nSPS) is 10.3. The van der Waals surface area contributed by atoms with Crippen LogP contribution in [0.1, 0.15) is 42.4 Å². The van der Waals surface area contributed by atoms with E-state index >= 15 is 0 Å². The number of amides is 2. The Morgan fingerprint density at radius 1 is 0.962 bits per heavy atom. The lowest BCUT2D eigenvalue weighted by Gasteiger charge is -2.06. The van der Waals surface area contributed by atoms with Gasteiger partial charge in [-0.2, -0.15) is 0 Å². The lowest BCUT2D eigenvalue weighted by molar-refractivity contribution is 0.0953. The van der Waals surface area contributed by atoms with Crippen LogP contribution in [-0.4, -0.2) is 17.6 Å². The first-order chi connectivity index (χ1) is 12.5. The summed E-state index contributed by atoms with van der Waals surface area (Å²) in [6.07, 6.45) is 1.44. The van der Waals surface area contributed by atoms with Gasteiger partial charge in [0.05, 0.1) is 16.0 Å². The zero-order chi connectivity index (χ0) is 18.5. The Kier molecular flexibility index (Phi) is 5.28. The molecule has 0 radical (unpaired) electrons. The Labute approximate surface area is 153 Å². The molecule has 0 unspecified atom stereocenters. The van der Waals surface area contributed by atoms with E-state index in [4.69, 9.17) is 4.42 Å². The molecule has 1 aromatic carbocycles. The number of benzene rings is 1. The third kappa shape index (κ3) is 4.25. The number of nitrogens with one attached hydrogen (secondary N) is 2. The van der Waals surface area contributed by atoms with Gasteiger partial charge in [0.1, 0.15) is 0 Å². The molecule has 6 nitrogen and oxygen atoms in total. The van der Waals surface area contributed by atoms with Crippen LogP contribution in [0.2, 0.25) is 0 Å². The molecule has 0 fully saturated rings. The van der Waals surface area contributed by atoms with Crippen molar-refractivity contribution in [2.45, 2.75) is 13.5 Å². The highest BCUT2D eigenvalue weighted by Crippen LogP contribution is 2.17. The van der Waals surface area contributed by atoms with Crippen molar-refractivity contribution >= 4 is 34.6 Å². The molecule has 0 spiro atoms. The summed E-state index contributed by atoms with van der Waals surface area (Å²) in [5.41, 5.74) is 1.52. The molecule has 2 heterocycles. The first-order valence-electron chi connectivity index (χ1n) is 7.85. The van der Waals surface area contributed by atoms with Gasteiger partial charge in [-0.25, -0.2) is 0 Å². The second-order valence-corrected chi connectivity index (χ2v) is 6.61. The van der Waals surface area contributed by atoms with Gasteiger partial charge in [0, 0.05) is 12.2 Å². The van der Waals surface area contributed by atoms with E-state index in [0.29, 0.717) is 22.0 Å². The predicted octanol–water partition coefficient (Wildman–Crippen LogP) is 3.73. The van der Waals surface area contributed by atoms with Crippen molar-refractivity contribution in [3.05, 3.63) is 75.9 Å². The number of hydrogen-bond acceptors (Lipinski definition) is 5.